The number of carbonyl (C=O) groups excluding carboxylic acids is 3. The Morgan fingerprint density at radius 2 is 2.16 bits per heavy atom. The zero-order chi connectivity index (χ0) is 22.6. The lowest BCUT2D eigenvalue weighted by molar-refractivity contribution is -0.199. The van der Waals surface area contributed by atoms with Crippen molar-refractivity contribution in [3.63, 3.8) is 0 Å². The minimum atomic E-state index is -1.29. The number of rotatable bonds is 6. The second-order valence-corrected chi connectivity index (χ2v) is 10.9. The van der Waals surface area contributed by atoms with Gasteiger partial charge in [0.2, 0.25) is 12.2 Å². The molecule has 3 saturated carbocycles. The smallest absolute Gasteiger partial charge is 0.412 e. The van der Waals surface area contributed by atoms with Crippen LogP contribution in [0.2, 0.25) is 0 Å². The van der Waals surface area contributed by atoms with Gasteiger partial charge < -0.3 is 19.5 Å². The Morgan fingerprint density at radius 3 is 2.72 bits per heavy atom. The number of hydrogen-bond donors (Lipinski definition) is 2. The molecule has 2 amide bonds. The summed E-state index contributed by atoms with van der Waals surface area (Å²) in [5.74, 6) is -0.633. The van der Waals surface area contributed by atoms with Crippen molar-refractivity contribution < 1.29 is 29.0 Å². The van der Waals surface area contributed by atoms with Crippen molar-refractivity contribution in [3.05, 3.63) is 18.0 Å². The number of fused-ring (bicyclic) bond motifs is 1. The van der Waals surface area contributed by atoms with Crippen molar-refractivity contribution >= 4 is 18.0 Å². The minimum Gasteiger partial charge on any atom is -0.447 e. The summed E-state index contributed by atoms with van der Waals surface area (Å²) in [4.78, 5) is 42.1. The molecule has 2 N–H and O–H groups in total. The van der Waals surface area contributed by atoms with Gasteiger partial charge in [-0.25, -0.2) is 4.79 Å². The molecule has 172 valence electrons. The van der Waals surface area contributed by atoms with Gasteiger partial charge in [0, 0.05) is 29.1 Å². The normalized spacial score (nSPS) is 38.3. The van der Waals surface area contributed by atoms with Crippen molar-refractivity contribution in [2.24, 2.45) is 22.7 Å². The number of amides is 2. The van der Waals surface area contributed by atoms with Gasteiger partial charge in [-0.3, -0.25) is 19.6 Å². The molecule has 6 atom stereocenters. The Hall–Kier alpha value is -2.62. The van der Waals surface area contributed by atoms with E-state index in [9.17, 15) is 19.5 Å². The van der Waals surface area contributed by atoms with Crippen molar-refractivity contribution in [2.45, 2.75) is 63.9 Å². The van der Waals surface area contributed by atoms with E-state index in [2.05, 4.69) is 10.2 Å². The van der Waals surface area contributed by atoms with Gasteiger partial charge in [-0.05, 0) is 24.8 Å². The summed E-state index contributed by atoms with van der Waals surface area (Å²) in [5, 5.41) is 17.1. The van der Waals surface area contributed by atoms with Crippen LogP contribution < -0.4 is 0 Å². The van der Waals surface area contributed by atoms with Crippen LogP contribution in [0.25, 0.3) is 0 Å². The fourth-order valence-corrected chi connectivity index (χ4v) is 6.39. The lowest BCUT2D eigenvalue weighted by atomic mass is 9.76. The number of nitrogens with zero attached hydrogens (tertiary/aromatic N) is 3. The van der Waals surface area contributed by atoms with E-state index in [0.717, 1.165) is 25.0 Å². The van der Waals surface area contributed by atoms with Crippen LogP contribution >= 0.6 is 0 Å². The third kappa shape index (κ3) is 2.14. The first-order chi connectivity index (χ1) is 15.2. The summed E-state index contributed by atoms with van der Waals surface area (Å²) in [5.41, 5.74) is -1.33. The number of cyclic esters (lactones) is 1. The predicted molar refractivity (Wildman–Crippen MR) is 108 cm³/mol. The minimum absolute atomic E-state index is 0.0413. The molecule has 5 aliphatic rings. The Bertz CT molecular complexity index is 1000. The number of β-lactam (4-membered cyclic amide) rings is 1. The fourth-order valence-electron chi connectivity index (χ4n) is 6.39. The molecular weight excluding hydrogens is 416 g/mol. The summed E-state index contributed by atoms with van der Waals surface area (Å²) < 4.78 is 10.6. The molecule has 3 heterocycles. The molecule has 0 aromatic carbocycles. The number of hydrogen-bond acceptors (Lipinski definition) is 7. The van der Waals surface area contributed by atoms with E-state index in [4.69, 9.17) is 9.47 Å². The Kier molecular flexibility index (Phi) is 3.77. The molecule has 0 radical (unpaired) electrons. The number of carbonyl (C=O) groups is 3. The fraction of sp³-hybridized carbons (Fsp3) is 0.727. The van der Waals surface area contributed by atoms with Gasteiger partial charge in [-0.15, -0.1) is 0 Å². The van der Waals surface area contributed by atoms with E-state index >= 15 is 0 Å². The molecule has 1 aromatic rings. The molecule has 3 aliphatic carbocycles. The van der Waals surface area contributed by atoms with Gasteiger partial charge in [0.15, 0.2) is 0 Å². The number of likely N-dealkylation sites (tertiary alicyclic amines) is 1. The number of esters is 1. The van der Waals surface area contributed by atoms with E-state index < -0.39 is 34.8 Å². The second kappa shape index (κ2) is 6.03. The van der Waals surface area contributed by atoms with Crippen molar-refractivity contribution in [1.29, 1.82) is 0 Å². The molecule has 10 heteroatoms. The maximum absolute atomic E-state index is 13.4. The van der Waals surface area contributed by atoms with Gasteiger partial charge in [-0.1, -0.05) is 27.2 Å². The van der Waals surface area contributed by atoms with Crippen LogP contribution in [-0.2, 0) is 19.1 Å². The Labute approximate surface area is 185 Å². The molecule has 1 spiro atoms. The molecule has 10 nitrogen and oxygen atoms in total. The molecule has 5 fully saturated rings. The predicted octanol–water partition coefficient (Wildman–Crippen LogP) is 1.19. The Balaban J connectivity index is 1.29. The van der Waals surface area contributed by atoms with Gasteiger partial charge >= 0.3 is 12.1 Å². The third-order valence-corrected chi connectivity index (χ3v) is 8.27. The van der Waals surface area contributed by atoms with Gasteiger partial charge in [0.25, 0.3) is 0 Å². The largest absolute Gasteiger partial charge is 0.447 e. The molecule has 32 heavy (non-hydrogen) atoms. The maximum Gasteiger partial charge on any atom is 0.412 e. The first-order valence-corrected chi connectivity index (χ1v) is 11.3. The highest BCUT2D eigenvalue weighted by molar-refractivity contribution is 6.08. The highest BCUT2D eigenvalue weighted by atomic mass is 16.6. The van der Waals surface area contributed by atoms with Crippen molar-refractivity contribution in [1.82, 2.24) is 20.0 Å². The second-order valence-electron chi connectivity index (χ2n) is 10.9. The number of aromatic amines is 1. The SMILES string of the molecule is CC(C)(C)C(O)OC(=O)CN1C(=O)[C@@]23C(c4ccn[nH]4)[C@H]2[C@]13N1C(=O)OC[C@@H]1C1CCC1. The van der Waals surface area contributed by atoms with Crippen LogP contribution in [0.15, 0.2) is 12.3 Å². The number of ether oxygens (including phenoxy) is 2. The molecule has 0 bridgehead atoms. The number of aliphatic hydroxyl groups is 1. The van der Waals surface area contributed by atoms with E-state index in [1.807, 2.05) is 6.07 Å². The van der Waals surface area contributed by atoms with Crippen LogP contribution in [-0.4, -0.2) is 74.2 Å². The van der Waals surface area contributed by atoms with Gasteiger partial charge in [-0.2, -0.15) is 5.10 Å². The van der Waals surface area contributed by atoms with Crippen LogP contribution in [0.1, 0.15) is 51.6 Å². The molecule has 6 rings (SSSR count). The molecule has 1 aromatic heterocycles. The summed E-state index contributed by atoms with van der Waals surface area (Å²) in [6, 6.07) is 1.77. The zero-order valence-corrected chi connectivity index (χ0v) is 18.4. The van der Waals surface area contributed by atoms with Gasteiger partial charge in [0.1, 0.15) is 24.2 Å². The van der Waals surface area contributed by atoms with E-state index in [-0.39, 0.29) is 30.3 Å². The standard InChI is InChI=1S/C22H28N4O6/c1-20(2,3)18(29)32-14(27)9-25-17(28)21-15(12-7-8-23-24-12)16(21)22(21,25)26-13(10-31-19(26)30)11-5-4-6-11/h7-8,11,13,15-16,18,29H,4-6,9-10H2,1-3H3,(H,23,24)/t13-,15?,16-,18?,21-,22-/m1/s1. The lowest BCUT2D eigenvalue weighted by Crippen LogP contribution is -2.74. The summed E-state index contributed by atoms with van der Waals surface area (Å²) >= 11 is 0. The molecule has 2 aliphatic heterocycles. The number of piperidine rings is 1. The molecule has 2 unspecified atom stereocenters. The number of H-pyrrole nitrogens is 1. The van der Waals surface area contributed by atoms with Gasteiger partial charge in [0.05, 0.1) is 6.04 Å². The third-order valence-electron chi connectivity index (χ3n) is 8.27. The monoisotopic (exact) mass is 444 g/mol. The summed E-state index contributed by atoms with van der Waals surface area (Å²) in [6.45, 7) is 5.28. The average molecular weight is 444 g/mol. The van der Waals surface area contributed by atoms with Crippen molar-refractivity contribution in [3.8, 4) is 0 Å². The number of aromatic nitrogens is 2. The van der Waals surface area contributed by atoms with E-state index in [1.54, 1.807) is 31.9 Å². The lowest BCUT2D eigenvalue weighted by Gasteiger charge is -2.55. The van der Waals surface area contributed by atoms with Crippen LogP contribution in [0.3, 0.4) is 0 Å². The van der Waals surface area contributed by atoms with Crippen LogP contribution in [0, 0.1) is 22.7 Å². The number of nitrogens with one attached hydrogen (secondary N) is 1. The average Bonchev–Trinajstić information content (AvgIpc) is 3.29. The summed E-state index contributed by atoms with van der Waals surface area (Å²) in [6.07, 6.45) is 3.13. The first-order valence-electron chi connectivity index (χ1n) is 11.3. The van der Waals surface area contributed by atoms with E-state index in [1.165, 1.54) is 4.90 Å². The van der Waals surface area contributed by atoms with Crippen LogP contribution in [0.4, 0.5) is 4.79 Å². The van der Waals surface area contributed by atoms with Crippen LogP contribution in [0.5, 0.6) is 0 Å². The first kappa shape index (κ1) is 20.0. The zero-order valence-electron chi connectivity index (χ0n) is 18.4. The summed E-state index contributed by atoms with van der Waals surface area (Å²) in [7, 11) is 0. The number of aliphatic hydroxyl groups excluding tert-OH is 1. The highest BCUT2D eigenvalue weighted by Gasteiger charge is 3.11. The highest BCUT2D eigenvalue weighted by Crippen LogP contribution is 2.98. The molecular formula is C22H28N4O6. The van der Waals surface area contributed by atoms with E-state index in [0.29, 0.717) is 12.5 Å². The van der Waals surface area contributed by atoms with Crippen molar-refractivity contribution in [2.75, 3.05) is 13.2 Å². The topological polar surface area (TPSA) is 125 Å². The Morgan fingerprint density at radius 1 is 1.41 bits per heavy atom. The maximum atomic E-state index is 13.4. The quantitative estimate of drug-likeness (QED) is 0.384. The molecule has 2 saturated heterocycles.